The zero-order valence-corrected chi connectivity index (χ0v) is 12.6. The Bertz CT molecular complexity index is 581. The molecule has 2 aromatic rings. The Hall–Kier alpha value is -1.88. The Kier molecular flexibility index (Phi) is 4.74. The zero-order valence-electron chi connectivity index (χ0n) is 11.8. The summed E-state index contributed by atoms with van der Waals surface area (Å²) in [6.45, 7) is 5.70. The Morgan fingerprint density at radius 1 is 1.15 bits per heavy atom. The van der Waals surface area contributed by atoms with Gasteiger partial charge in [0.15, 0.2) is 5.16 Å². The molecular formula is C15H17N3OS. The molecule has 1 heterocycles. The number of carbonyl (C=O) groups is 1. The molecule has 0 fully saturated rings. The normalized spacial score (nSPS) is 11.9. The molecule has 0 saturated heterocycles. The van der Waals surface area contributed by atoms with E-state index < -0.39 is 0 Å². The number of thioether (sulfide) groups is 1. The lowest BCUT2D eigenvalue weighted by atomic mass is 10.3. The predicted molar refractivity (Wildman–Crippen MR) is 81.9 cm³/mol. The molecule has 0 aliphatic heterocycles. The molecular weight excluding hydrogens is 270 g/mol. The van der Waals surface area contributed by atoms with Crippen LogP contribution in [0.15, 0.2) is 41.6 Å². The summed E-state index contributed by atoms with van der Waals surface area (Å²) in [7, 11) is 0. The van der Waals surface area contributed by atoms with Crippen LogP contribution in [0.1, 0.15) is 18.3 Å². The maximum absolute atomic E-state index is 12.1. The van der Waals surface area contributed by atoms with E-state index in [9.17, 15) is 4.79 Å². The van der Waals surface area contributed by atoms with E-state index in [1.807, 2.05) is 57.2 Å². The van der Waals surface area contributed by atoms with Crippen LogP contribution < -0.4 is 5.32 Å². The molecule has 1 unspecified atom stereocenters. The number of benzene rings is 1. The van der Waals surface area contributed by atoms with Gasteiger partial charge in [0.1, 0.15) is 0 Å². The van der Waals surface area contributed by atoms with Crippen molar-refractivity contribution in [2.45, 2.75) is 31.2 Å². The number of aromatic nitrogens is 2. The van der Waals surface area contributed by atoms with Crippen molar-refractivity contribution in [3.05, 3.63) is 47.8 Å². The van der Waals surface area contributed by atoms with Crippen molar-refractivity contribution in [1.82, 2.24) is 9.97 Å². The number of amides is 1. The van der Waals surface area contributed by atoms with Crippen LogP contribution in [0.4, 0.5) is 5.69 Å². The molecule has 0 aliphatic carbocycles. The third-order valence-electron chi connectivity index (χ3n) is 2.65. The molecule has 0 spiro atoms. The number of anilines is 1. The maximum atomic E-state index is 12.1. The maximum Gasteiger partial charge on any atom is 0.237 e. The van der Waals surface area contributed by atoms with Crippen molar-refractivity contribution in [3.8, 4) is 0 Å². The van der Waals surface area contributed by atoms with Crippen LogP contribution in [-0.4, -0.2) is 21.1 Å². The minimum absolute atomic E-state index is 0.0519. The summed E-state index contributed by atoms with van der Waals surface area (Å²) in [5.74, 6) is -0.0519. The number of nitrogens with zero attached hydrogens (tertiary/aromatic N) is 2. The summed E-state index contributed by atoms with van der Waals surface area (Å²) < 4.78 is 0. The standard InChI is InChI=1S/C15H17N3OS/c1-10-9-11(2)17-15(16-10)20-12(3)14(19)18-13-7-5-4-6-8-13/h4-9,12H,1-3H3,(H,18,19). The highest BCUT2D eigenvalue weighted by Gasteiger charge is 2.16. The number of hydrogen-bond donors (Lipinski definition) is 1. The molecule has 104 valence electrons. The quantitative estimate of drug-likeness (QED) is 0.693. The molecule has 20 heavy (non-hydrogen) atoms. The van der Waals surface area contributed by atoms with Gasteiger partial charge in [0, 0.05) is 17.1 Å². The number of aryl methyl sites for hydroxylation is 2. The van der Waals surface area contributed by atoms with Crippen LogP contribution in [0.2, 0.25) is 0 Å². The monoisotopic (exact) mass is 287 g/mol. The van der Waals surface area contributed by atoms with E-state index in [2.05, 4.69) is 15.3 Å². The Morgan fingerprint density at radius 2 is 1.75 bits per heavy atom. The Morgan fingerprint density at radius 3 is 2.35 bits per heavy atom. The first-order valence-electron chi connectivity index (χ1n) is 6.39. The van der Waals surface area contributed by atoms with Crippen molar-refractivity contribution >= 4 is 23.4 Å². The molecule has 1 atom stereocenters. The highest BCUT2D eigenvalue weighted by molar-refractivity contribution is 8.00. The summed E-state index contributed by atoms with van der Waals surface area (Å²) in [5.41, 5.74) is 2.62. The van der Waals surface area contributed by atoms with E-state index in [0.29, 0.717) is 5.16 Å². The average molecular weight is 287 g/mol. The van der Waals surface area contributed by atoms with E-state index in [4.69, 9.17) is 0 Å². The van der Waals surface area contributed by atoms with Gasteiger partial charge in [-0.2, -0.15) is 0 Å². The SMILES string of the molecule is Cc1cc(C)nc(SC(C)C(=O)Nc2ccccc2)n1. The van der Waals surface area contributed by atoms with Gasteiger partial charge in [0.2, 0.25) is 5.91 Å². The molecule has 0 aliphatic rings. The number of para-hydroxylation sites is 1. The number of nitrogens with one attached hydrogen (secondary N) is 1. The first kappa shape index (κ1) is 14.5. The van der Waals surface area contributed by atoms with Gasteiger partial charge in [-0.3, -0.25) is 4.79 Å². The Labute approximate surface area is 123 Å². The third-order valence-corrected chi connectivity index (χ3v) is 3.62. The van der Waals surface area contributed by atoms with E-state index in [0.717, 1.165) is 17.1 Å². The van der Waals surface area contributed by atoms with Crippen molar-refractivity contribution in [3.63, 3.8) is 0 Å². The molecule has 4 nitrogen and oxygen atoms in total. The van der Waals surface area contributed by atoms with Crippen LogP contribution in [0.3, 0.4) is 0 Å². The van der Waals surface area contributed by atoms with Gasteiger partial charge in [-0.25, -0.2) is 9.97 Å². The second-order valence-electron chi connectivity index (χ2n) is 4.55. The summed E-state index contributed by atoms with van der Waals surface area (Å²) in [6.07, 6.45) is 0. The van der Waals surface area contributed by atoms with Crippen LogP contribution in [0.5, 0.6) is 0 Å². The van der Waals surface area contributed by atoms with Gasteiger partial charge >= 0.3 is 0 Å². The third kappa shape index (κ3) is 4.06. The molecule has 1 aromatic heterocycles. The minimum atomic E-state index is -0.253. The fraction of sp³-hybridized carbons (Fsp3) is 0.267. The second kappa shape index (κ2) is 6.52. The zero-order chi connectivity index (χ0) is 14.5. The Balaban J connectivity index is 2.00. The molecule has 0 bridgehead atoms. The summed E-state index contributed by atoms with van der Waals surface area (Å²) in [6, 6.07) is 11.3. The fourth-order valence-electron chi connectivity index (χ4n) is 1.72. The van der Waals surface area contributed by atoms with Crippen molar-refractivity contribution < 1.29 is 4.79 Å². The lowest BCUT2D eigenvalue weighted by Gasteiger charge is -2.11. The molecule has 1 N–H and O–H groups in total. The first-order valence-corrected chi connectivity index (χ1v) is 7.27. The van der Waals surface area contributed by atoms with Gasteiger partial charge in [-0.15, -0.1) is 0 Å². The van der Waals surface area contributed by atoms with Crippen LogP contribution in [0.25, 0.3) is 0 Å². The second-order valence-corrected chi connectivity index (χ2v) is 5.86. The van der Waals surface area contributed by atoms with E-state index in [1.54, 1.807) is 0 Å². The van der Waals surface area contributed by atoms with Gasteiger partial charge in [0.05, 0.1) is 5.25 Å². The predicted octanol–water partition coefficient (Wildman–Crippen LogP) is 3.21. The largest absolute Gasteiger partial charge is 0.325 e. The van der Waals surface area contributed by atoms with Crippen molar-refractivity contribution in [2.24, 2.45) is 0 Å². The van der Waals surface area contributed by atoms with E-state index >= 15 is 0 Å². The topological polar surface area (TPSA) is 54.9 Å². The summed E-state index contributed by atoms with van der Waals surface area (Å²) in [4.78, 5) is 20.8. The van der Waals surface area contributed by atoms with Crippen LogP contribution in [-0.2, 0) is 4.79 Å². The highest BCUT2D eigenvalue weighted by Crippen LogP contribution is 2.21. The number of carbonyl (C=O) groups excluding carboxylic acids is 1. The highest BCUT2D eigenvalue weighted by atomic mass is 32.2. The van der Waals surface area contributed by atoms with E-state index in [-0.39, 0.29) is 11.2 Å². The average Bonchev–Trinajstić information content (AvgIpc) is 2.38. The summed E-state index contributed by atoms with van der Waals surface area (Å²) in [5, 5.41) is 3.26. The van der Waals surface area contributed by atoms with Gasteiger partial charge in [0.25, 0.3) is 0 Å². The number of rotatable bonds is 4. The lowest BCUT2D eigenvalue weighted by Crippen LogP contribution is -2.22. The molecule has 1 amide bonds. The molecule has 5 heteroatoms. The van der Waals surface area contributed by atoms with Gasteiger partial charge in [-0.1, -0.05) is 30.0 Å². The first-order chi connectivity index (χ1) is 9.54. The van der Waals surface area contributed by atoms with Gasteiger partial charge in [-0.05, 0) is 39.0 Å². The molecule has 0 saturated carbocycles. The van der Waals surface area contributed by atoms with E-state index in [1.165, 1.54) is 11.8 Å². The molecule has 0 radical (unpaired) electrons. The van der Waals surface area contributed by atoms with Crippen LogP contribution in [0, 0.1) is 13.8 Å². The summed E-state index contributed by atoms with van der Waals surface area (Å²) >= 11 is 1.36. The number of hydrogen-bond acceptors (Lipinski definition) is 4. The fourth-order valence-corrected chi connectivity index (χ4v) is 2.60. The van der Waals surface area contributed by atoms with Crippen LogP contribution >= 0.6 is 11.8 Å². The van der Waals surface area contributed by atoms with Crippen molar-refractivity contribution in [1.29, 1.82) is 0 Å². The van der Waals surface area contributed by atoms with Gasteiger partial charge < -0.3 is 5.32 Å². The molecule has 1 aromatic carbocycles. The lowest BCUT2D eigenvalue weighted by molar-refractivity contribution is -0.115. The smallest absolute Gasteiger partial charge is 0.237 e. The van der Waals surface area contributed by atoms with Crippen molar-refractivity contribution in [2.75, 3.05) is 5.32 Å². The minimum Gasteiger partial charge on any atom is -0.325 e. The molecule has 2 rings (SSSR count).